The summed E-state index contributed by atoms with van der Waals surface area (Å²) in [4.78, 5) is 8.56. The summed E-state index contributed by atoms with van der Waals surface area (Å²) in [6, 6.07) is 8.07. The molecule has 1 aliphatic rings. The van der Waals surface area contributed by atoms with Crippen LogP contribution >= 0.6 is 0 Å². The van der Waals surface area contributed by atoms with Crippen molar-refractivity contribution in [3.8, 4) is 0 Å². The second-order valence-electron chi connectivity index (χ2n) is 4.45. The number of hydrogen-bond donors (Lipinski definition) is 1. The molecule has 1 aromatic rings. The Kier molecular flexibility index (Phi) is 4.04. The zero-order valence-corrected chi connectivity index (χ0v) is 11.0. The summed E-state index contributed by atoms with van der Waals surface area (Å²) in [5.41, 5.74) is 7.90. The number of guanidine groups is 1. The maximum atomic E-state index is 5.88. The SMILES string of the molecule is CN(C)/C(N)=N/c1ccccc1N1CCOCC1. The summed E-state index contributed by atoms with van der Waals surface area (Å²) in [7, 11) is 3.77. The average Bonchev–Trinajstić information content (AvgIpc) is 2.40. The fourth-order valence-corrected chi connectivity index (χ4v) is 1.85. The lowest BCUT2D eigenvalue weighted by molar-refractivity contribution is 0.123. The molecule has 1 saturated heterocycles. The molecule has 0 bridgehead atoms. The number of morpholine rings is 1. The molecule has 1 fully saturated rings. The number of hydrogen-bond acceptors (Lipinski definition) is 3. The van der Waals surface area contributed by atoms with Crippen LogP contribution < -0.4 is 10.6 Å². The minimum atomic E-state index is 0.510. The van der Waals surface area contributed by atoms with E-state index in [4.69, 9.17) is 10.5 Å². The van der Waals surface area contributed by atoms with E-state index in [1.165, 1.54) is 0 Å². The molecule has 0 atom stereocenters. The first-order valence-corrected chi connectivity index (χ1v) is 6.11. The predicted molar refractivity (Wildman–Crippen MR) is 74.4 cm³/mol. The molecule has 0 aliphatic carbocycles. The van der Waals surface area contributed by atoms with Crippen molar-refractivity contribution in [1.82, 2.24) is 4.90 Å². The molecule has 1 heterocycles. The maximum Gasteiger partial charge on any atom is 0.196 e. The highest BCUT2D eigenvalue weighted by atomic mass is 16.5. The Morgan fingerprint density at radius 3 is 2.61 bits per heavy atom. The lowest BCUT2D eigenvalue weighted by atomic mass is 10.2. The van der Waals surface area contributed by atoms with E-state index in [0.717, 1.165) is 37.7 Å². The first-order valence-electron chi connectivity index (χ1n) is 6.11. The van der Waals surface area contributed by atoms with Crippen molar-refractivity contribution in [2.75, 3.05) is 45.3 Å². The smallest absolute Gasteiger partial charge is 0.196 e. The zero-order chi connectivity index (χ0) is 13.0. The number of anilines is 1. The molecule has 0 unspecified atom stereocenters. The van der Waals surface area contributed by atoms with Crippen LogP contribution in [0.5, 0.6) is 0 Å². The monoisotopic (exact) mass is 248 g/mol. The molecule has 0 spiro atoms. The lowest BCUT2D eigenvalue weighted by Gasteiger charge is -2.29. The topological polar surface area (TPSA) is 54.1 Å². The first kappa shape index (κ1) is 12.7. The van der Waals surface area contributed by atoms with Gasteiger partial charge in [0.25, 0.3) is 0 Å². The van der Waals surface area contributed by atoms with Gasteiger partial charge in [-0.25, -0.2) is 4.99 Å². The Labute approximate surface area is 108 Å². The minimum Gasteiger partial charge on any atom is -0.378 e. The Morgan fingerprint density at radius 2 is 1.94 bits per heavy atom. The third-order valence-corrected chi connectivity index (χ3v) is 2.93. The van der Waals surface area contributed by atoms with Gasteiger partial charge in [-0.15, -0.1) is 0 Å². The van der Waals surface area contributed by atoms with Crippen molar-refractivity contribution in [2.24, 2.45) is 10.7 Å². The van der Waals surface area contributed by atoms with Crippen molar-refractivity contribution in [2.45, 2.75) is 0 Å². The van der Waals surface area contributed by atoms with Gasteiger partial charge >= 0.3 is 0 Å². The van der Waals surface area contributed by atoms with Gasteiger partial charge in [-0.05, 0) is 12.1 Å². The summed E-state index contributed by atoms with van der Waals surface area (Å²) in [6.45, 7) is 3.32. The molecule has 5 nitrogen and oxygen atoms in total. The van der Waals surface area contributed by atoms with Gasteiger partial charge in [-0.1, -0.05) is 12.1 Å². The van der Waals surface area contributed by atoms with Crippen LogP contribution in [-0.4, -0.2) is 51.3 Å². The van der Waals surface area contributed by atoms with Crippen LogP contribution in [-0.2, 0) is 4.74 Å². The summed E-state index contributed by atoms with van der Waals surface area (Å²) < 4.78 is 5.37. The van der Waals surface area contributed by atoms with Crippen LogP contribution in [0.15, 0.2) is 29.3 Å². The molecule has 2 N–H and O–H groups in total. The van der Waals surface area contributed by atoms with Crippen molar-refractivity contribution >= 4 is 17.3 Å². The highest BCUT2D eigenvalue weighted by molar-refractivity contribution is 5.83. The Hall–Kier alpha value is -1.75. The van der Waals surface area contributed by atoms with Gasteiger partial charge in [0.2, 0.25) is 0 Å². The van der Waals surface area contributed by atoms with Gasteiger partial charge in [0.05, 0.1) is 24.6 Å². The molecular formula is C13H20N4O. The van der Waals surface area contributed by atoms with E-state index in [1.54, 1.807) is 4.90 Å². The third kappa shape index (κ3) is 2.92. The molecule has 98 valence electrons. The van der Waals surface area contributed by atoms with Gasteiger partial charge < -0.3 is 20.3 Å². The van der Waals surface area contributed by atoms with Crippen molar-refractivity contribution in [1.29, 1.82) is 0 Å². The van der Waals surface area contributed by atoms with E-state index in [0.29, 0.717) is 5.96 Å². The van der Waals surface area contributed by atoms with Crippen LogP contribution in [0.4, 0.5) is 11.4 Å². The molecule has 0 amide bonds. The number of para-hydroxylation sites is 2. The van der Waals surface area contributed by atoms with E-state index >= 15 is 0 Å². The predicted octanol–water partition coefficient (Wildman–Crippen LogP) is 1.03. The third-order valence-electron chi connectivity index (χ3n) is 2.93. The van der Waals surface area contributed by atoms with E-state index in [9.17, 15) is 0 Å². The van der Waals surface area contributed by atoms with Gasteiger partial charge in [0, 0.05) is 27.2 Å². The number of benzene rings is 1. The Balaban J connectivity index is 2.27. The standard InChI is InChI=1S/C13H20N4O/c1-16(2)13(14)15-11-5-3-4-6-12(11)17-7-9-18-10-8-17/h3-6H,7-10H2,1-2H3,(H2,14,15). The maximum absolute atomic E-state index is 5.88. The van der Waals surface area contributed by atoms with Crippen molar-refractivity contribution < 1.29 is 4.74 Å². The molecule has 18 heavy (non-hydrogen) atoms. The van der Waals surface area contributed by atoms with Gasteiger partial charge in [-0.3, -0.25) is 0 Å². The van der Waals surface area contributed by atoms with E-state index in [2.05, 4.69) is 16.0 Å². The summed E-state index contributed by atoms with van der Waals surface area (Å²) in [6.07, 6.45) is 0. The van der Waals surface area contributed by atoms with Crippen LogP contribution in [0.3, 0.4) is 0 Å². The largest absolute Gasteiger partial charge is 0.378 e. The number of rotatable bonds is 2. The highest BCUT2D eigenvalue weighted by Gasteiger charge is 2.14. The molecule has 5 heteroatoms. The molecule has 2 rings (SSSR count). The molecule has 0 saturated carbocycles. The summed E-state index contributed by atoms with van der Waals surface area (Å²) >= 11 is 0. The number of ether oxygens (including phenoxy) is 1. The van der Waals surface area contributed by atoms with E-state index in [1.807, 2.05) is 32.3 Å². The van der Waals surface area contributed by atoms with Gasteiger partial charge in [0.15, 0.2) is 5.96 Å². The average molecular weight is 248 g/mol. The van der Waals surface area contributed by atoms with E-state index in [-0.39, 0.29) is 0 Å². The molecule has 0 radical (unpaired) electrons. The number of aliphatic imine (C=N–C) groups is 1. The lowest BCUT2D eigenvalue weighted by Crippen LogP contribution is -2.36. The minimum absolute atomic E-state index is 0.510. The highest BCUT2D eigenvalue weighted by Crippen LogP contribution is 2.28. The fourth-order valence-electron chi connectivity index (χ4n) is 1.85. The van der Waals surface area contributed by atoms with Crippen LogP contribution in [0.25, 0.3) is 0 Å². The van der Waals surface area contributed by atoms with Crippen molar-refractivity contribution in [3.63, 3.8) is 0 Å². The first-order chi connectivity index (χ1) is 8.68. The second kappa shape index (κ2) is 5.73. The van der Waals surface area contributed by atoms with Crippen LogP contribution in [0.2, 0.25) is 0 Å². The Morgan fingerprint density at radius 1 is 1.28 bits per heavy atom. The van der Waals surface area contributed by atoms with Crippen LogP contribution in [0.1, 0.15) is 0 Å². The Bertz CT molecular complexity index is 425. The fraction of sp³-hybridized carbons (Fsp3) is 0.462. The quantitative estimate of drug-likeness (QED) is 0.627. The zero-order valence-electron chi connectivity index (χ0n) is 11.0. The normalized spacial score (nSPS) is 16.8. The summed E-state index contributed by atoms with van der Waals surface area (Å²) in [5, 5.41) is 0. The van der Waals surface area contributed by atoms with Gasteiger partial charge in [0.1, 0.15) is 0 Å². The molecular weight excluding hydrogens is 228 g/mol. The van der Waals surface area contributed by atoms with Gasteiger partial charge in [-0.2, -0.15) is 0 Å². The molecule has 0 aromatic heterocycles. The second-order valence-corrected chi connectivity index (χ2v) is 4.45. The molecule has 1 aliphatic heterocycles. The molecule has 1 aromatic carbocycles. The summed E-state index contributed by atoms with van der Waals surface area (Å²) in [5.74, 6) is 0.510. The number of nitrogens with two attached hydrogens (primary N) is 1. The number of nitrogens with zero attached hydrogens (tertiary/aromatic N) is 3. The van der Waals surface area contributed by atoms with Crippen LogP contribution in [0, 0.1) is 0 Å². The van der Waals surface area contributed by atoms with E-state index < -0.39 is 0 Å². The van der Waals surface area contributed by atoms with Crippen molar-refractivity contribution in [3.05, 3.63) is 24.3 Å².